The normalized spacial score (nSPS) is 10.8. The number of pyridine rings is 1. The number of aryl methyl sites for hydroxylation is 1. The third-order valence-corrected chi connectivity index (χ3v) is 4.31. The number of hydrogen-bond acceptors (Lipinski definition) is 3. The Morgan fingerprint density at radius 3 is 2.65 bits per heavy atom. The molecule has 0 spiro atoms. The van der Waals surface area contributed by atoms with Crippen molar-refractivity contribution in [1.82, 2.24) is 9.88 Å². The molecule has 0 aliphatic heterocycles. The third kappa shape index (κ3) is 6.12. The van der Waals surface area contributed by atoms with E-state index in [2.05, 4.69) is 31.1 Å². The number of amides is 1. The molecule has 1 heterocycles. The lowest BCUT2D eigenvalue weighted by Crippen LogP contribution is -2.26. The number of carbonyl (C=O) groups is 1. The van der Waals surface area contributed by atoms with Gasteiger partial charge in [0.15, 0.2) is 0 Å². The minimum absolute atomic E-state index is 0.0327. The third-order valence-electron chi connectivity index (χ3n) is 3.65. The van der Waals surface area contributed by atoms with Crippen molar-refractivity contribution in [3.63, 3.8) is 0 Å². The number of aromatic nitrogens is 1. The van der Waals surface area contributed by atoms with Crippen molar-refractivity contribution in [2.75, 3.05) is 25.5 Å². The molecule has 1 amide bonds. The van der Waals surface area contributed by atoms with E-state index < -0.39 is 0 Å². The van der Waals surface area contributed by atoms with Crippen LogP contribution in [0.1, 0.15) is 17.5 Å². The van der Waals surface area contributed by atoms with Gasteiger partial charge in [-0.05, 0) is 71.7 Å². The van der Waals surface area contributed by atoms with Crippen LogP contribution in [0.15, 0.2) is 47.2 Å². The molecule has 122 valence electrons. The highest BCUT2D eigenvalue weighted by molar-refractivity contribution is 9.10. The Hall–Kier alpha value is -1.72. The van der Waals surface area contributed by atoms with E-state index in [1.807, 2.05) is 56.7 Å². The molecule has 2 rings (SSSR count). The van der Waals surface area contributed by atoms with Crippen LogP contribution in [0.5, 0.6) is 0 Å². The van der Waals surface area contributed by atoms with Gasteiger partial charge in [-0.15, -0.1) is 0 Å². The number of likely N-dealkylation sites (N-methyl/N-ethyl adjacent to an activating group) is 1. The zero-order chi connectivity index (χ0) is 16.7. The molecule has 23 heavy (non-hydrogen) atoms. The first kappa shape index (κ1) is 17.6. The Kier molecular flexibility index (Phi) is 6.74. The number of hydrogen-bond donors (Lipinski definition) is 1. The molecular formula is C18H22BrN3O. The number of halogens is 1. The summed E-state index contributed by atoms with van der Waals surface area (Å²) in [7, 11) is 2.04. The van der Waals surface area contributed by atoms with Gasteiger partial charge in [-0.1, -0.05) is 6.07 Å². The molecule has 1 N–H and O–H groups in total. The molecule has 0 unspecified atom stereocenters. The average Bonchev–Trinajstić information content (AvgIpc) is 2.54. The number of carbonyl (C=O) groups excluding carboxylic acids is 1. The van der Waals surface area contributed by atoms with Crippen LogP contribution < -0.4 is 5.32 Å². The van der Waals surface area contributed by atoms with Crippen molar-refractivity contribution >= 4 is 27.5 Å². The van der Waals surface area contributed by atoms with Crippen molar-refractivity contribution in [3.05, 3.63) is 58.3 Å². The topological polar surface area (TPSA) is 45.2 Å². The summed E-state index contributed by atoms with van der Waals surface area (Å²) in [4.78, 5) is 18.2. The van der Waals surface area contributed by atoms with Gasteiger partial charge in [-0.2, -0.15) is 0 Å². The fourth-order valence-corrected chi connectivity index (χ4v) is 2.80. The predicted octanol–water partition coefficient (Wildman–Crippen LogP) is 3.66. The van der Waals surface area contributed by atoms with E-state index in [1.165, 1.54) is 5.56 Å². The van der Waals surface area contributed by atoms with Crippen molar-refractivity contribution in [2.24, 2.45) is 0 Å². The second-order valence-electron chi connectivity index (χ2n) is 5.69. The molecule has 0 saturated heterocycles. The smallest absolute Gasteiger partial charge is 0.225 e. The predicted molar refractivity (Wildman–Crippen MR) is 97.6 cm³/mol. The van der Waals surface area contributed by atoms with Gasteiger partial charge < -0.3 is 10.2 Å². The highest BCUT2D eigenvalue weighted by Gasteiger charge is 2.07. The number of anilines is 1. The van der Waals surface area contributed by atoms with E-state index in [9.17, 15) is 4.79 Å². The highest BCUT2D eigenvalue weighted by Crippen LogP contribution is 2.23. The molecule has 0 radical (unpaired) electrons. The van der Waals surface area contributed by atoms with Crippen molar-refractivity contribution in [2.45, 2.75) is 19.8 Å². The lowest BCUT2D eigenvalue weighted by atomic mass is 10.2. The Morgan fingerprint density at radius 1 is 1.22 bits per heavy atom. The summed E-state index contributed by atoms with van der Waals surface area (Å²) < 4.78 is 0.914. The minimum Gasteiger partial charge on any atom is -0.325 e. The standard InChI is InChI=1S/C18H22BrN3O/c1-14-3-4-17(16(19)13-14)21-18(23)8-12-22(2)11-7-15-5-9-20-10-6-15/h3-6,9-10,13H,7-8,11-12H2,1-2H3,(H,21,23). The lowest BCUT2D eigenvalue weighted by Gasteiger charge is -2.16. The maximum Gasteiger partial charge on any atom is 0.225 e. The van der Waals surface area contributed by atoms with E-state index >= 15 is 0 Å². The van der Waals surface area contributed by atoms with Crippen LogP contribution in [0.25, 0.3) is 0 Å². The summed E-state index contributed by atoms with van der Waals surface area (Å²) in [6, 6.07) is 9.95. The Morgan fingerprint density at radius 2 is 1.96 bits per heavy atom. The van der Waals surface area contributed by atoms with E-state index in [0.717, 1.165) is 35.2 Å². The van der Waals surface area contributed by atoms with Gasteiger partial charge in [0.25, 0.3) is 0 Å². The zero-order valence-electron chi connectivity index (χ0n) is 13.6. The van der Waals surface area contributed by atoms with Crippen molar-refractivity contribution < 1.29 is 4.79 Å². The SMILES string of the molecule is Cc1ccc(NC(=O)CCN(C)CCc2ccncc2)c(Br)c1. The van der Waals surface area contributed by atoms with Gasteiger partial charge in [0, 0.05) is 36.4 Å². The minimum atomic E-state index is 0.0327. The van der Waals surface area contributed by atoms with Crippen LogP contribution in [-0.4, -0.2) is 35.9 Å². The van der Waals surface area contributed by atoms with Crippen LogP contribution in [0.2, 0.25) is 0 Å². The Labute approximate surface area is 146 Å². The molecule has 0 fully saturated rings. The molecule has 1 aromatic carbocycles. The van der Waals surface area contributed by atoms with Gasteiger partial charge in [0.1, 0.15) is 0 Å². The molecule has 4 nitrogen and oxygen atoms in total. The van der Waals surface area contributed by atoms with Crippen LogP contribution in [0.4, 0.5) is 5.69 Å². The molecule has 0 aliphatic carbocycles. The van der Waals surface area contributed by atoms with Crippen molar-refractivity contribution in [1.29, 1.82) is 0 Å². The van der Waals surface area contributed by atoms with Crippen LogP contribution in [0, 0.1) is 6.92 Å². The molecule has 0 bridgehead atoms. The molecule has 1 aromatic heterocycles. The molecule has 0 atom stereocenters. The number of rotatable bonds is 7. The first-order valence-electron chi connectivity index (χ1n) is 7.68. The van der Waals surface area contributed by atoms with Crippen LogP contribution in [0.3, 0.4) is 0 Å². The maximum absolute atomic E-state index is 12.1. The number of benzene rings is 1. The summed E-state index contributed by atoms with van der Waals surface area (Å²) in [5.74, 6) is 0.0327. The second kappa shape index (κ2) is 8.79. The molecule has 2 aromatic rings. The van der Waals surface area contributed by atoms with E-state index in [0.29, 0.717) is 6.42 Å². The zero-order valence-corrected chi connectivity index (χ0v) is 15.1. The lowest BCUT2D eigenvalue weighted by molar-refractivity contribution is -0.116. The first-order chi connectivity index (χ1) is 11.0. The molecule has 0 aliphatic rings. The van der Waals surface area contributed by atoms with Crippen molar-refractivity contribution in [3.8, 4) is 0 Å². The maximum atomic E-state index is 12.1. The Bertz CT molecular complexity index is 646. The first-order valence-corrected chi connectivity index (χ1v) is 8.47. The van der Waals surface area contributed by atoms with Gasteiger partial charge in [-0.3, -0.25) is 9.78 Å². The molecule has 5 heteroatoms. The second-order valence-corrected chi connectivity index (χ2v) is 6.54. The summed E-state index contributed by atoms with van der Waals surface area (Å²) in [6.45, 7) is 3.68. The summed E-state index contributed by atoms with van der Waals surface area (Å²) in [6.07, 6.45) is 5.06. The summed E-state index contributed by atoms with van der Waals surface area (Å²) >= 11 is 3.48. The molecular weight excluding hydrogens is 354 g/mol. The fourth-order valence-electron chi connectivity index (χ4n) is 2.21. The summed E-state index contributed by atoms with van der Waals surface area (Å²) in [5.41, 5.74) is 3.24. The monoisotopic (exact) mass is 375 g/mol. The average molecular weight is 376 g/mol. The largest absolute Gasteiger partial charge is 0.325 e. The van der Waals surface area contributed by atoms with E-state index in [-0.39, 0.29) is 5.91 Å². The Balaban J connectivity index is 1.73. The quantitative estimate of drug-likeness (QED) is 0.802. The molecule has 0 saturated carbocycles. The van der Waals surface area contributed by atoms with Gasteiger partial charge in [-0.25, -0.2) is 0 Å². The van der Waals surface area contributed by atoms with Crippen LogP contribution in [-0.2, 0) is 11.2 Å². The van der Waals surface area contributed by atoms with Crippen LogP contribution >= 0.6 is 15.9 Å². The van der Waals surface area contributed by atoms with Gasteiger partial charge in [0.2, 0.25) is 5.91 Å². The number of nitrogens with one attached hydrogen (secondary N) is 1. The van der Waals surface area contributed by atoms with Gasteiger partial charge in [0.05, 0.1) is 5.69 Å². The fraction of sp³-hybridized carbons (Fsp3) is 0.333. The van der Waals surface area contributed by atoms with Gasteiger partial charge >= 0.3 is 0 Å². The number of nitrogens with zero attached hydrogens (tertiary/aromatic N) is 2. The van der Waals surface area contributed by atoms with E-state index in [1.54, 1.807) is 0 Å². The van der Waals surface area contributed by atoms with E-state index in [4.69, 9.17) is 0 Å². The highest BCUT2D eigenvalue weighted by atomic mass is 79.9. The summed E-state index contributed by atoms with van der Waals surface area (Å²) in [5, 5.41) is 2.95.